The van der Waals surface area contributed by atoms with Crippen molar-refractivity contribution in [1.29, 1.82) is 0 Å². The Morgan fingerprint density at radius 2 is 0.905 bits per heavy atom. The van der Waals surface area contributed by atoms with Crippen LogP contribution in [0, 0.1) is 0 Å². The van der Waals surface area contributed by atoms with Gasteiger partial charge in [0.1, 0.15) is 0 Å². The van der Waals surface area contributed by atoms with Crippen molar-refractivity contribution in [2.75, 3.05) is 4.90 Å². The van der Waals surface area contributed by atoms with Gasteiger partial charge in [0.15, 0.2) is 0 Å². The number of nitrogens with zero attached hydrogens (tertiary/aromatic N) is 1. The standard InChI is InChI=1S/C62H41N/c1-4-16-41(17-5-1)54-39-55(42-18-6-2-7-19-42)61-52-28-13-12-27-51(52)56-38-48(34-35-53(56)62(61)60(54)43-21-8-3-9-22-43)63(57-29-15-23-40-20-10-11-26-50(40)57)49-36-46-32-30-44-24-14-25-45-31-33-47(37-49)59(46)58(44)45/h1-14,16-28,30-39H,15,29H2. The first kappa shape index (κ1) is 35.7. The first-order chi connectivity index (χ1) is 31.3. The molecular formula is C62H41N. The van der Waals surface area contributed by atoms with E-state index in [1.165, 1.54) is 120 Å². The van der Waals surface area contributed by atoms with Crippen LogP contribution < -0.4 is 15.3 Å². The summed E-state index contributed by atoms with van der Waals surface area (Å²) in [6, 6.07) is 81.4. The summed E-state index contributed by atoms with van der Waals surface area (Å²) in [5.74, 6) is 0. The summed E-state index contributed by atoms with van der Waals surface area (Å²) in [5, 5.41) is 17.9. The molecule has 12 aromatic carbocycles. The van der Waals surface area contributed by atoms with Crippen molar-refractivity contribution in [3.8, 4) is 33.4 Å². The highest BCUT2D eigenvalue weighted by atomic mass is 15.1. The van der Waals surface area contributed by atoms with E-state index >= 15 is 0 Å². The van der Waals surface area contributed by atoms with Gasteiger partial charge in [-0.1, -0.05) is 194 Å². The van der Waals surface area contributed by atoms with Crippen LogP contribution in [0.4, 0.5) is 11.4 Å². The Hall–Kier alpha value is -8.00. The SMILES string of the molecule is C1=c2ccccc2=C(N(c2cc3ccc4cccc5ccc(c2)c3c45)c2ccc3c(c2)c2ccccc2c2c(-c4ccccc4)cc(-c4ccccc4)c(-c4ccccc4)c32)CC1. The van der Waals surface area contributed by atoms with Crippen molar-refractivity contribution in [3.05, 3.63) is 229 Å². The van der Waals surface area contributed by atoms with Crippen molar-refractivity contribution in [1.82, 2.24) is 0 Å². The van der Waals surface area contributed by atoms with Gasteiger partial charge in [0, 0.05) is 22.3 Å². The maximum absolute atomic E-state index is 2.58. The molecule has 1 aliphatic rings. The highest BCUT2D eigenvalue weighted by Gasteiger charge is 2.24. The molecule has 63 heavy (non-hydrogen) atoms. The second-order valence-electron chi connectivity index (χ2n) is 17.1. The summed E-state index contributed by atoms with van der Waals surface area (Å²) in [6.07, 6.45) is 4.33. The Morgan fingerprint density at radius 3 is 1.62 bits per heavy atom. The summed E-state index contributed by atoms with van der Waals surface area (Å²) in [7, 11) is 0. The first-order valence-electron chi connectivity index (χ1n) is 22.1. The highest BCUT2D eigenvalue weighted by molar-refractivity contribution is 6.33. The molecular weight excluding hydrogens is 759 g/mol. The molecule has 0 saturated heterocycles. The van der Waals surface area contributed by atoms with Crippen LogP contribution in [-0.4, -0.2) is 0 Å². The van der Waals surface area contributed by atoms with E-state index in [4.69, 9.17) is 0 Å². The predicted octanol–water partition coefficient (Wildman–Crippen LogP) is 15.6. The number of hydrogen-bond acceptors (Lipinski definition) is 1. The lowest BCUT2D eigenvalue weighted by Gasteiger charge is -2.31. The third kappa shape index (κ3) is 5.63. The quantitative estimate of drug-likeness (QED) is 0.151. The zero-order chi connectivity index (χ0) is 41.4. The lowest BCUT2D eigenvalue weighted by Crippen LogP contribution is -2.34. The second-order valence-corrected chi connectivity index (χ2v) is 17.1. The van der Waals surface area contributed by atoms with E-state index in [1.54, 1.807) is 0 Å². The van der Waals surface area contributed by atoms with E-state index in [1.807, 2.05) is 0 Å². The van der Waals surface area contributed by atoms with Gasteiger partial charge in [-0.15, -0.1) is 0 Å². The average molecular weight is 800 g/mol. The predicted molar refractivity (Wildman–Crippen MR) is 270 cm³/mol. The molecule has 0 unspecified atom stereocenters. The Kier molecular flexibility index (Phi) is 8.11. The molecule has 0 bridgehead atoms. The fourth-order valence-corrected chi connectivity index (χ4v) is 10.9. The topological polar surface area (TPSA) is 3.24 Å². The lowest BCUT2D eigenvalue weighted by atomic mass is 9.81. The summed E-state index contributed by atoms with van der Waals surface area (Å²) in [4.78, 5) is 2.58. The fourth-order valence-electron chi connectivity index (χ4n) is 10.9. The van der Waals surface area contributed by atoms with Crippen molar-refractivity contribution in [2.24, 2.45) is 0 Å². The average Bonchev–Trinajstić information content (AvgIpc) is 3.36. The largest absolute Gasteiger partial charge is 0.314 e. The number of benzene rings is 12. The van der Waals surface area contributed by atoms with Crippen molar-refractivity contribution < 1.29 is 0 Å². The molecule has 0 N–H and O–H groups in total. The smallest absolute Gasteiger partial charge is 0.0471 e. The monoisotopic (exact) mass is 799 g/mol. The minimum absolute atomic E-state index is 0.942. The van der Waals surface area contributed by atoms with E-state index in [9.17, 15) is 0 Å². The summed E-state index contributed by atoms with van der Waals surface area (Å²) >= 11 is 0. The molecule has 1 heteroatoms. The van der Waals surface area contributed by atoms with E-state index < -0.39 is 0 Å². The van der Waals surface area contributed by atoms with Crippen LogP contribution in [0.3, 0.4) is 0 Å². The van der Waals surface area contributed by atoms with Crippen molar-refractivity contribution in [3.63, 3.8) is 0 Å². The van der Waals surface area contributed by atoms with Crippen molar-refractivity contribution in [2.45, 2.75) is 12.8 Å². The lowest BCUT2D eigenvalue weighted by molar-refractivity contribution is 1.03. The van der Waals surface area contributed by atoms with Gasteiger partial charge < -0.3 is 4.90 Å². The molecule has 12 aromatic rings. The molecule has 0 spiro atoms. The maximum atomic E-state index is 2.58. The number of fused-ring (bicyclic) bond motifs is 7. The Balaban J connectivity index is 1.17. The van der Waals surface area contributed by atoms with Gasteiger partial charge in [0.25, 0.3) is 0 Å². The fraction of sp³-hybridized carbons (Fsp3) is 0.0323. The summed E-state index contributed by atoms with van der Waals surface area (Å²) in [6.45, 7) is 0. The van der Waals surface area contributed by atoms with E-state index in [-0.39, 0.29) is 0 Å². The summed E-state index contributed by atoms with van der Waals surface area (Å²) < 4.78 is 0. The summed E-state index contributed by atoms with van der Waals surface area (Å²) in [5.41, 5.74) is 11.0. The first-order valence-corrected chi connectivity index (χ1v) is 22.1. The molecule has 294 valence electrons. The van der Waals surface area contributed by atoms with Gasteiger partial charge in [0.2, 0.25) is 0 Å². The maximum Gasteiger partial charge on any atom is 0.0471 e. The van der Waals surface area contributed by atoms with Gasteiger partial charge in [-0.25, -0.2) is 0 Å². The minimum Gasteiger partial charge on any atom is -0.314 e. The van der Waals surface area contributed by atoms with E-state index in [0.717, 1.165) is 18.5 Å². The van der Waals surface area contributed by atoms with Crippen LogP contribution in [-0.2, 0) is 0 Å². The number of rotatable bonds is 6. The van der Waals surface area contributed by atoms with Crippen LogP contribution in [0.1, 0.15) is 12.8 Å². The van der Waals surface area contributed by atoms with E-state index in [0.29, 0.717) is 0 Å². The molecule has 1 nitrogen and oxygen atoms in total. The van der Waals surface area contributed by atoms with Gasteiger partial charge in [0.05, 0.1) is 0 Å². The molecule has 1 aliphatic carbocycles. The Morgan fingerprint density at radius 1 is 0.333 bits per heavy atom. The second kappa shape index (κ2) is 14.3. The Bertz CT molecular complexity index is 3820. The van der Waals surface area contributed by atoms with Crippen LogP contribution >= 0.6 is 0 Å². The zero-order valence-corrected chi connectivity index (χ0v) is 34.7. The van der Waals surface area contributed by atoms with E-state index in [2.05, 4.69) is 229 Å². The molecule has 0 amide bonds. The molecule has 0 heterocycles. The van der Waals surface area contributed by atoms with Crippen LogP contribution in [0.15, 0.2) is 218 Å². The minimum atomic E-state index is 0.942. The third-order valence-corrected chi connectivity index (χ3v) is 13.6. The van der Waals surface area contributed by atoms with Gasteiger partial charge in [-0.05, 0) is 146 Å². The van der Waals surface area contributed by atoms with Crippen LogP contribution in [0.25, 0.3) is 110 Å². The van der Waals surface area contributed by atoms with Crippen LogP contribution in [0.2, 0.25) is 0 Å². The van der Waals surface area contributed by atoms with Crippen LogP contribution in [0.5, 0.6) is 0 Å². The molecule has 0 fully saturated rings. The van der Waals surface area contributed by atoms with Crippen molar-refractivity contribution >= 4 is 87.8 Å². The van der Waals surface area contributed by atoms with Gasteiger partial charge in [-0.2, -0.15) is 0 Å². The molecule has 0 aliphatic heterocycles. The Labute approximate surface area is 366 Å². The molecule has 0 radical (unpaired) electrons. The molecule has 0 aromatic heterocycles. The number of hydrogen-bond donors (Lipinski definition) is 0. The highest BCUT2D eigenvalue weighted by Crippen LogP contribution is 2.50. The third-order valence-electron chi connectivity index (χ3n) is 13.6. The molecule has 0 atom stereocenters. The normalized spacial score (nSPS) is 12.7. The van der Waals surface area contributed by atoms with Gasteiger partial charge in [-0.3, -0.25) is 0 Å². The number of anilines is 2. The zero-order valence-electron chi connectivity index (χ0n) is 34.7. The molecule has 0 saturated carbocycles. The molecule has 13 rings (SSSR count). The van der Waals surface area contributed by atoms with Gasteiger partial charge >= 0.3 is 0 Å².